The van der Waals surface area contributed by atoms with Crippen molar-refractivity contribution < 1.29 is 19.1 Å². The van der Waals surface area contributed by atoms with Crippen molar-refractivity contribution in [3.63, 3.8) is 0 Å². The molecular formula is C36H44N6O4. The SMILES string of the molecule is COc1ccc(NC(=O)N2CCC(Cc3ccccc3NC(=O)Nc3cc(C(C)(C)C)nn3-c3ccc(C)cc3)CC2)c(OC)c1. The second-order valence-corrected chi connectivity index (χ2v) is 12.8. The zero-order chi connectivity index (χ0) is 32.8. The summed E-state index contributed by atoms with van der Waals surface area (Å²) in [6, 6.07) is 22.7. The summed E-state index contributed by atoms with van der Waals surface area (Å²) in [7, 11) is 3.15. The maximum atomic E-state index is 13.3. The average molecular weight is 625 g/mol. The molecule has 3 aromatic carbocycles. The van der Waals surface area contributed by atoms with Crippen molar-refractivity contribution in [1.82, 2.24) is 14.7 Å². The second kappa shape index (κ2) is 14.0. The van der Waals surface area contributed by atoms with E-state index in [1.54, 1.807) is 37.1 Å². The highest BCUT2D eigenvalue weighted by Crippen LogP contribution is 2.31. The molecule has 0 aliphatic carbocycles. The predicted molar refractivity (Wildman–Crippen MR) is 183 cm³/mol. The van der Waals surface area contributed by atoms with Crippen LogP contribution in [-0.2, 0) is 11.8 Å². The molecule has 46 heavy (non-hydrogen) atoms. The number of rotatable bonds is 8. The van der Waals surface area contributed by atoms with Crippen LogP contribution in [0.4, 0.5) is 26.8 Å². The predicted octanol–water partition coefficient (Wildman–Crippen LogP) is 7.63. The molecule has 0 atom stereocenters. The van der Waals surface area contributed by atoms with E-state index in [4.69, 9.17) is 14.6 Å². The number of benzene rings is 3. The number of amides is 4. The van der Waals surface area contributed by atoms with Gasteiger partial charge in [-0.1, -0.05) is 56.7 Å². The maximum Gasteiger partial charge on any atom is 0.324 e. The van der Waals surface area contributed by atoms with E-state index in [9.17, 15) is 9.59 Å². The van der Waals surface area contributed by atoms with E-state index < -0.39 is 0 Å². The van der Waals surface area contributed by atoms with Crippen molar-refractivity contribution in [3.05, 3.63) is 89.6 Å². The lowest BCUT2D eigenvalue weighted by molar-refractivity contribution is 0.182. The number of ether oxygens (including phenoxy) is 2. The molecule has 1 aromatic heterocycles. The normalized spacial score (nSPS) is 13.7. The van der Waals surface area contributed by atoms with Gasteiger partial charge in [0, 0.05) is 36.3 Å². The Kier molecular flexibility index (Phi) is 9.84. The first-order chi connectivity index (χ1) is 22.0. The van der Waals surface area contributed by atoms with Gasteiger partial charge in [0.25, 0.3) is 0 Å². The number of anilines is 3. The first-order valence-corrected chi connectivity index (χ1v) is 15.7. The van der Waals surface area contributed by atoms with Crippen LogP contribution < -0.4 is 25.4 Å². The number of nitrogens with zero attached hydrogens (tertiary/aromatic N) is 3. The van der Waals surface area contributed by atoms with Crippen LogP contribution in [-0.4, -0.2) is 54.1 Å². The number of urea groups is 2. The number of aryl methyl sites for hydroxylation is 1. The summed E-state index contributed by atoms with van der Waals surface area (Å²) in [6.07, 6.45) is 2.52. The maximum absolute atomic E-state index is 13.3. The highest BCUT2D eigenvalue weighted by molar-refractivity contribution is 6.00. The smallest absolute Gasteiger partial charge is 0.324 e. The fraction of sp³-hybridized carbons (Fsp3) is 0.361. The Morgan fingerprint density at radius 1 is 0.870 bits per heavy atom. The molecule has 4 amide bonds. The fourth-order valence-electron chi connectivity index (χ4n) is 5.56. The minimum absolute atomic E-state index is 0.153. The lowest BCUT2D eigenvalue weighted by atomic mass is 9.89. The van der Waals surface area contributed by atoms with Crippen molar-refractivity contribution in [2.45, 2.75) is 52.4 Å². The minimum atomic E-state index is -0.332. The molecule has 0 saturated carbocycles. The molecule has 10 heteroatoms. The van der Waals surface area contributed by atoms with Gasteiger partial charge < -0.3 is 25.0 Å². The highest BCUT2D eigenvalue weighted by Gasteiger charge is 2.25. The van der Waals surface area contributed by atoms with Crippen LogP contribution in [0.25, 0.3) is 5.69 Å². The van der Waals surface area contributed by atoms with Crippen molar-refractivity contribution in [1.29, 1.82) is 0 Å². The average Bonchev–Trinajstić information content (AvgIpc) is 3.47. The van der Waals surface area contributed by atoms with Crippen LogP contribution in [0.15, 0.2) is 72.8 Å². The van der Waals surface area contributed by atoms with Crippen LogP contribution in [0.5, 0.6) is 11.5 Å². The molecule has 1 saturated heterocycles. The lowest BCUT2D eigenvalue weighted by Gasteiger charge is -2.32. The van der Waals surface area contributed by atoms with Gasteiger partial charge in [-0.2, -0.15) is 5.10 Å². The Morgan fingerprint density at radius 3 is 2.26 bits per heavy atom. The summed E-state index contributed by atoms with van der Waals surface area (Å²) in [4.78, 5) is 28.2. The van der Waals surface area contributed by atoms with E-state index in [1.165, 1.54) is 0 Å². The molecule has 1 aliphatic rings. The van der Waals surface area contributed by atoms with Gasteiger partial charge in [-0.25, -0.2) is 14.3 Å². The molecule has 242 valence electrons. The highest BCUT2D eigenvalue weighted by atomic mass is 16.5. The molecular weight excluding hydrogens is 580 g/mol. The molecule has 10 nitrogen and oxygen atoms in total. The number of hydrogen-bond donors (Lipinski definition) is 3. The third kappa shape index (κ3) is 7.80. The van der Waals surface area contributed by atoms with Gasteiger partial charge in [-0.05, 0) is 68.0 Å². The molecule has 3 N–H and O–H groups in total. The van der Waals surface area contributed by atoms with E-state index in [0.29, 0.717) is 42.0 Å². The Hall–Kier alpha value is -4.99. The topological polar surface area (TPSA) is 110 Å². The van der Waals surface area contributed by atoms with Crippen LogP contribution in [0.1, 0.15) is 50.4 Å². The molecule has 1 fully saturated rings. The largest absolute Gasteiger partial charge is 0.497 e. The summed E-state index contributed by atoms with van der Waals surface area (Å²) in [5, 5.41) is 13.9. The Bertz CT molecular complexity index is 1670. The Balaban J connectivity index is 1.20. The molecule has 0 bridgehead atoms. The van der Waals surface area contributed by atoms with Crippen molar-refractivity contribution in [2.24, 2.45) is 5.92 Å². The molecule has 0 unspecified atom stereocenters. The number of carbonyl (C=O) groups is 2. The zero-order valence-corrected chi connectivity index (χ0v) is 27.5. The van der Waals surface area contributed by atoms with E-state index in [2.05, 4.69) is 42.8 Å². The third-order valence-electron chi connectivity index (χ3n) is 8.32. The first kappa shape index (κ1) is 32.4. The second-order valence-electron chi connectivity index (χ2n) is 12.8. The quantitative estimate of drug-likeness (QED) is 0.187. The van der Waals surface area contributed by atoms with Crippen molar-refractivity contribution in [2.75, 3.05) is 43.3 Å². The molecule has 4 aromatic rings. The molecule has 2 heterocycles. The monoisotopic (exact) mass is 624 g/mol. The van der Waals surface area contributed by atoms with E-state index >= 15 is 0 Å². The number of hydrogen-bond acceptors (Lipinski definition) is 5. The minimum Gasteiger partial charge on any atom is -0.497 e. The van der Waals surface area contributed by atoms with Crippen LogP contribution >= 0.6 is 0 Å². The van der Waals surface area contributed by atoms with Gasteiger partial charge in [-0.3, -0.25) is 5.32 Å². The van der Waals surface area contributed by atoms with Gasteiger partial charge in [0.2, 0.25) is 0 Å². The standard InChI is InChI=1S/C36H44N6O4/c1-24-11-13-27(14-12-24)42-33(23-32(40-42)36(2,3)4)39-34(43)37-29-10-8-7-9-26(29)21-25-17-19-41(20-18-25)35(44)38-30-16-15-28(45-5)22-31(30)46-6/h7-16,22-23,25H,17-21H2,1-6H3,(H,38,44)(H2,37,39,43). The van der Waals surface area contributed by atoms with Crippen molar-refractivity contribution >= 4 is 29.3 Å². The molecule has 0 spiro atoms. The van der Waals surface area contributed by atoms with Crippen LogP contribution in [0.2, 0.25) is 0 Å². The van der Waals surface area contributed by atoms with E-state index in [1.807, 2.05) is 60.4 Å². The summed E-state index contributed by atoms with van der Waals surface area (Å²) >= 11 is 0. The number of likely N-dealkylation sites (tertiary alicyclic amines) is 1. The van der Waals surface area contributed by atoms with E-state index in [0.717, 1.165) is 47.5 Å². The number of methoxy groups -OCH3 is 2. The number of nitrogens with one attached hydrogen (secondary N) is 3. The van der Waals surface area contributed by atoms with E-state index in [-0.39, 0.29) is 17.5 Å². The summed E-state index contributed by atoms with van der Waals surface area (Å²) in [5.74, 6) is 2.18. The number of carbonyl (C=O) groups excluding carboxylic acids is 2. The summed E-state index contributed by atoms with van der Waals surface area (Å²) in [6.45, 7) is 9.63. The van der Waals surface area contributed by atoms with Gasteiger partial charge in [0.05, 0.1) is 31.3 Å². The molecule has 0 radical (unpaired) electrons. The Morgan fingerprint density at radius 2 is 1.59 bits per heavy atom. The molecule has 5 rings (SSSR count). The number of aromatic nitrogens is 2. The lowest BCUT2D eigenvalue weighted by Crippen LogP contribution is -2.41. The van der Waals surface area contributed by atoms with Gasteiger partial charge in [-0.15, -0.1) is 0 Å². The summed E-state index contributed by atoms with van der Waals surface area (Å²) in [5.41, 5.74) is 5.15. The number of para-hydroxylation sites is 1. The first-order valence-electron chi connectivity index (χ1n) is 15.7. The number of piperidine rings is 1. The van der Waals surface area contributed by atoms with Crippen LogP contribution in [0.3, 0.4) is 0 Å². The van der Waals surface area contributed by atoms with Crippen molar-refractivity contribution in [3.8, 4) is 17.2 Å². The van der Waals surface area contributed by atoms with Crippen LogP contribution in [0, 0.1) is 12.8 Å². The van der Waals surface area contributed by atoms with Gasteiger partial charge in [0.15, 0.2) is 0 Å². The Labute approximate surface area is 271 Å². The van der Waals surface area contributed by atoms with Gasteiger partial charge >= 0.3 is 12.1 Å². The fourth-order valence-corrected chi connectivity index (χ4v) is 5.56. The third-order valence-corrected chi connectivity index (χ3v) is 8.32. The molecule has 1 aliphatic heterocycles. The summed E-state index contributed by atoms with van der Waals surface area (Å²) < 4.78 is 12.5. The zero-order valence-electron chi connectivity index (χ0n) is 27.5. The van der Waals surface area contributed by atoms with Gasteiger partial charge in [0.1, 0.15) is 17.3 Å².